The Morgan fingerprint density at radius 1 is 0.960 bits per heavy atom. The van der Waals surface area contributed by atoms with Crippen LogP contribution in [0.5, 0.6) is 0 Å². The minimum absolute atomic E-state index is 0.259. The van der Waals surface area contributed by atoms with Crippen LogP contribution < -0.4 is 4.90 Å². The molecule has 0 spiro atoms. The van der Waals surface area contributed by atoms with E-state index in [1.54, 1.807) is 0 Å². The summed E-state index contributed by atoms with van der Waals surface area (Å²) in [6.45, 7) is 1.34. The maximum atomic E-state index is 11.2. The van der Waals surface area contributed by atoms with Gasteiger partial charge in [0, 0.05) is 24.0 Å². The van der Waals surface area contributed by atoms with Gasteiger partial charge in [0.25, 0.3) is 0 Å². The summed E-state index contributed by atoms with van der Waals surface area (Å²) < 4.78 is 0. The van der Waals surface area contributed by atoms with Gasteiger partial charge in [-0.1, -0.05) is 48.5 Å². The number of rotatable bonds is 3. The van der Waals surface area contributed by atoms with Crippen LogP contribution in [0, 0.1) is 5.92 Å². The highest BCUT2D eigenvalue weighted by molar-refractivity contribution is 5.93. The van der Waals surface area contributed by atoms with Crippen molar-refractivity contribution in [2.75, 3.05) is 18.0 Å². The van der Waals surface area contributed by atoms with Gasteiger partial charge < -0.3 is 10.0 Å². The Morgan fingerprint density at radius 2 is 1.64 bits per heavy atom. The molecular formula is C20H19N3O2. The lowest BCUT2D eigenvalue weighted by molar-refractivity contribution is -0.142. The molecule has 0 radical (unpaired) electrons. The standard InChI is InChI=1S/C20H19N3O2/c24-19(25)15-10-12-23(13-11-15)20-21-17-9-5-4-8-16(17)18(22-20)14-6-2-1-3-7-14/h1-9,15H,10-13H2,(H,24,25). The number of benzene rings is 2. The lowest BCUT2D eigenvalue weighted by atomic mass is 9.97. The quantitative estimate of drug-likeness (QED) is 0.793. The molecule has 1 saturated heterocycles. The number of hydrogen-bond acceptors (Lipinski definition) is 4. The zero-order chi connectivity index (χ0) is 17.2. The summed E-state index contributed by atoms with van der Waals surface area (Å²) in [5.74, 6) is -0.282. The van der Waals surface area contributed by atoms with E-state index in [1.807, 2.05) is 42.5 Å². The normalized spacial score (nSPS) is 15.4. The second kappa shape index (κ2) is 6.51. The fourth-order valence-corrected chi connectivity index (χ4v) is 3.35. The van der Waals surface area contributed by atoms with Crippen molar-refractivity contribution >= 4 is 22.8 Å². The average molecular weight is 333 g/mol. The molecule has 0 unspecified atom stereocenters. The second-order valence-corrected chi connectivity index (χ2v) is 6.35. The van der Waals surface area contributed by atoms with E-state index in [1.165, 1.54) is 0 Å². The molecule has 0 saturated carbocycles. The fraction of sp³-hybridized carbons (Fsp3) is 0.250. The first-order chi connectivity index (χ1) is 12.2. The number of nitrogens with zero attached hydrogens (tertiary/aromatic N) is 3. The van der Waals surface area contributed by atoms with Crippen LogP contribution >= 0.6 is 0 Å². The van der Waals surface area contributed by atoms with Crippen molar-refractivity contribution < 1.29 is 9.90 Å². The highest BCUT2D eigenvalue weighted by atomic mass is 16.4. The number of aromatic nitrogens is 2. The summed E-state index contributed by atoms with van der Waals surface area (Å²) in [6.07, 6.45) is 1.26. The number of carbonyl (C=O) groups is 1. The van der Waals surface area contributed by atoms with Crippen molar-refractivity contribution in [3.63, 3.8) is 0 Å². The van der Waals surface area contributed by atoms with Crippen molar-refractivity contribution in [2.24, 2.45) is 5.92 Å². The Hall–Kier alpha value is -2.95. The van der Waals surface area contributed by atoms with Crippen LogP contribution in [0.2, 0.25) is 0 Å². The number of fused-ring (bicyclic) bond motifs is 1. The van der Waals surface area contributed by atoms with Gasteiger partial charge in [-0.05, 0) is 18.9 Å². The molecule has 3 aromatic rings. The van der Waals surface area contributed by atoms with Crippen LogP contribution in [0.15, 0.2) is 54.6 Å². The van der Waals surface area contributed by atoms with E-state index in [-0.39, 0.29) is 5.92 Å². The van der Waals surface area contributed by atoms with E-state index in [0.717, 1.165) is 22.2 Å². The third-order valence-electron chi connectivity index (χ3n) is 4.77. The van der Waals surface area contributed by atoms with Gasteiger partial charge in [-0.25, -0.2) is 9.97 Å². The molecule has 5 heteroatoms. The third-order valence-corrected chi connectivity index (χ3v) is 4.77. The maximum Gasteiger partial charge on any atom is 0.306 e. The van der Waals surface area contributed by atoms with Crippen LogP contribution in [0.4, 0.5) is 5.95 Å². The summed E-state index contributed by atoms with van der Waals surface area (Å²) in [5.41, 5.74) is 2.89. The lowest BCUT2D eigenvalue weighted by Crippen LogP contribution is -2.37. The molecule has 1 aliphatic heterocycles. The Morgan fingerprint density at radius 3 is 2.36 bits per heavy atom. The molecule has 5 nitrogen and oxygen atoms in total. The van der Waals surface area contributed by atoms with Gasteiger partial charge in [-0.15, -0.1) is 0 Å². The van der Waals surface area contributed by atoms with Crippen molar-refractivity contribution in [1.29, 1.82) is 0 Å². The lowest BCUT2D eigenvalue weighted by Gasteiger charge is -2.30. The molecule has 2 heterocycles. The van der Waals surface area contributed by atoms with E-state index in [0.29, 0.717) is 31.9 Å². The Kier molecular flexibility index (Phi) is 4.06. The number of carboxylic acids is 1. The number of carboxylic acid groups (broad SMARTS) is 1. The van der Waals surface area contributed by atoms with Gasteiger partial charge in [-0.3, -0.25) is 4.79 Å². The van der Waals surface area contributed by atoms with Crippen molar-refractivity contribution in [3.8, 4) is 11.3 Å². The van der Waals surface area contributed by atoms with Crippen molar-refractivity contribution in [3.05, 3.63) is 54.6 Å². The molecule has 0 amide bonds. The van der Waals surface area contributed by atoms with Crippen molar-refractivity contribution in [1.82, 2.24) is 9.97 Å². The summed E-state index contributed by atoms with van der Waals surface area (Å²) in [7, 11) is 0. The summed E-state index contributed by atoms with van der Waals surface area (Å²) >= 11 is 0. The summed E-state index contributed by atoms with van der Waals surface area (Å²) in [4.78, 5) is 22.8. The summed E-state index contributed by atoms with van der Waals surface area (Å²) in [6, 6.07) is 18.1. The number of hydrogen-bond donors (Lipinski definition) is 1. The first kappa shape index (κ1) is 15.6. The molecule has 0 aliphatic carbocycles. The average Bonchev–Trinajstić information content (AvgIpc) is 2.68. The van der Waals surface area contributed by atoms with Crippen LogP contribution in [-0.2, 0) is 4.79 Å². The zero-order valence-corrected chi connectivity index (χ0v) is 13.8. The Balaban J connectivity index is 1.75. The van der Waals surface area contributed by atoms with Gasteiger partial charge in [0.2, 0.25) is 5.95 Å². The minimum atomic E-state index is -0.705. The van der Waals surface area contributed by atoms with E-state index in [4.69, 9.17) is 9.97 Å². The number of piperidine rings is 1. The van der Waals surface area contributed by atoms with Crippen LogP contribution in [-0.4, -0.2) is 34.1 Å². The smallest absolute Gasteiger partial charge is 0.306 e. The van der Waals surface area contributed by atoms with E-state index in [2.05, 4.69) is 17.0 Å². The Bertz CT molecular complexity index is 903. The molecule has 126 valence electrons. The van der Waals surface area contributed by atoms with Crippen LogP contribution in [0.3, 0.4) is 0 Å². The van der Waals surface area contributed by atoms with Gasteiger partial charge in [-0.2, -0.15) is 0 Å². The molecule has 0 atom stereocenters. The molecule has 2 aromatic carbocycles. The van der Waals surface area contributed by atoms with Gasteiger partial charge in [0.05, 0.1) is 17.1 Å². The second-order valence-electron chi connectivity index (χ2n) is 6.35. The van der Waals surface area contributed by atoms with Crippen LogP contribution in [0.1, 0.15) is 12.8 Å². The topological polar surface area (TPSA) is 66.3 Å². The van der Waals surface area contributed by atoms with Crippen molar-refractivity contribution in [2.45, 2.75) is 12.8 Å². The SMILES string of the molecule is O=C(O)C1CCN(c2nc(-c3ccccc3)c3ccccc3n2)CC1. The molecule has 1 aromatic heterocycles. The molecule has 1 N–H and O–H groups in total. The molecular weight excluding hydrogens is 314 g/mol. The number of aliphatic carboxylic acids is 1. The van der Waals surface area contributed by atoms with Gasteiger partial charge >= 0.3 is 5.97 Å². The first-order valence-corrected chi connectivity index (χ1v) is 8.52. The molecule has 1 fully saturated rings. The first-order valence-electron chi connectivity index (χ1n) is 8.52. The fourth-order valence-electron chi connectivity index (χ4n) is 3.35. The molecule has 25 heavy (non-hydrogen) atoms. The maximum absolute atomic E-state index is 11.2. The van der Waals surface area contributed by atoms with Crippen LogP contribution in [0.25, 0.3) is 22.2 Å². The highest BCUT2D eigenvalue weighted by Gasteiger charge is 2.26. The van der Waals surface area contributed by atoms with Gasteiger partial charge in [0.15, 0.2) is 0 Å². The third kappa shape index (κ3) is 3.05. The largest absolute Gasteiger partial charge is 0.481 e. The predicted molar refractivity (Wildman–Crippen MR) is 97.5 cm³/mol. The van der Waals surface area contributed by atoms with E-state index < -0.39 is 5.97 Å². The van der Waals surface area contributed by atoms with Gasteiger partial charge in [0.1, 0.15) is 0 Å². The predicted octanol–water partition coefficient (Wildman–Crippen LogP) is 3.60. The number of para-hydroxylation sites is 1. The zero-order valence-electron chi connectivity index (χ0n) is 13.8. The molecule has 0 bridgehead atoms. The van der Waals surface area contributed by atoms with E-state index in [9.17, 15) is 9.90 Å². The number of anilines is 1. The monoisotopic (exact) mass is 333 g/mol. The molecule has 1 aliphatic rings. The highest BCUT2D eigenvalue weighted by Crippen LogP contribution is 2.29. The van der Waals surface area contributed by atoms with E-state index >= 15 is 0 Å². The summed E-state index contributed by atoms with van der Waals surface area (Å²) in [5, 5.41) is 10.2. The minimum Gasteiger partial charge on any atom is -0.481 e. The molecule has 4 rings (SSSR count). The Labute approximate surface area is 146 Å².